The van der Waals surface area contributed by atoms with Crippen LogP contribution >= 0.6 is 22.7 Å². The summed E-state index contributed by atoms with van der Waals surface area (Å²) in [5.41, 5.74) is 7.57. The molecule has 0 aliphatic heterocycles. The largest absolute Gasteiger partial charge is 0.135 e. The van der Waals surface area contributed by atoms with Crippen molar-refractivity contribution >= 4 is 106 Å². The van der Waals surface area contributed by atoms with Gasteiger partial charge in [0.1, 0.15) is 0 Å². The van der Waals surface area contributed by atoms with Gasteiger partial charge in [0.2, 0.25) is 0 Å². The maximum atomic E-state index is 2.45. The lowest BCUT2D eigenvalue weighted by Crippen LogP contribution is -1.90. The van der Waals surface area contributed by atoms with E-state index in [2.05, 4.69) is 182 Å². The highest BCUT2D eigenvalue weighted by atomic mass is 32.1. The van der Waals surface area contributed by atoms with Crippen LogP contribution in [0.1, 0.15) is 0 Å². The van der Waals surface area contributed by atoms with Crippen molar-refractivity contribution in [2.45, 2.75) is 0 Å². The van der Waals surface area contributed by atoms with Gasteiger partial charge in [-0.2, -0.15) is 0 Å². The van der Waals surface area contributed by atoms with E-state index in [-0.39, 0.29) is 0 Å². The summed E-state index contributed by atoms with van der Waals surface area (Å²) in [4.78, 5) is 0. The van der Waals surface area contributed by atoms with E-state index < -0.39 is 0 Å². The van der Waals surface area contributed by atoms with Crippen LogP contribution in [0.15, 0.2) is 182 Å². The third-order valence-electron chi connectivity index (χ3n) is 11.4. The predicted molar refractivity (Wildman–Crippen MR) is 239 cm³/mol. The van der Waals surface area contributed by atoms with E-state index in [4.69, 9.17) is 0 Å². The fourth-order valence-corrected chi connectivity index (χ4v) is 11.3. The average Bonchev–Trinajstić information content (AvgIpc) is 3.79. The van der Waals surface area contributed by atoms with Crippen molar-refractivity contribution < 1.29 is 0 Å². The lowest BCUT2D eigenvalue weighted by Gasteiger charge is -2.17. The number of hydrogen-bond donors (Lipinski definition) is 0. The molecule has 0 unspecified atom stereocenters. The molecule has 12 aromatic rings. The second-order valence-corrected chi connectivity index (χ2v) is 16.5. The van der Waals surface area contributed by atoms with Crippen LogP contribution in [-0.2, 0) is 0 Å². The highest BCUT2D eigenvalue weighted by Gasteiger charge is 2.18. The molecule has 0 atom stereocenters. The van der Waals surface area contributed by atoms with Crippen molar-refractivity contribution in [1.82, 2.24) is 0 Å². The minimum atomic E-state index is 1.24. The second kappa shape index (κ2) is 11.6. The fraction of sp³-hybridized carbons (Fsp3) is 0. The van der Waals surface area contributed by atoms with Crippen molar-refractivity contribution in [2.24, 2.45) is 0 Å². The quantitative estimate of drug-likeness (QED) is 0.160. The zero-order chi connectivity index (χ0) is 35.3. The predicted octanol–water partition coefficient (Wildman–Crippen LogP) is 16.0. The molecule has 2 heterocycles. The van der Waals surface area contributed by atoms with Crippen LogP contribution in [0.3, 0.4) is 0 Å². The van der Waals surface area contributed by atoms with E-state index in [0.29, 0.717) is 0 Å². The van der Waals surface area contributed by atoms with Gasteiger partial charge in [-0.05, 0) is 119 Å². The minimum absolute atomic E-state index is 1.24. The summed E-state index contributed by atoms with van der Waals surface area (Å²) < 4.78 is 5.37. The SMILES string of the molecule is c1ccc(-c2cccc3c(-c4cccc5c(-c6ccc7sc8cc9c(ccc%10sc%11ccccc%11c%109)cc8c7c6)c6ccccc6cc45)cccc23)cc1. The molecule has 0 radical (unpaired) electrons. The smallest absolute Gasteiger partial charge is 0.0362 e. The van der Waals surface area contributed by atoms with Gasteiger partial charge in [-0.15, -0.1) is 22.7 Å². The standard InChI is InChI=1S/C52H30S2/c1-2-11-31(12-3-1)35-16-8-18-38-37(35)17-9-19-39(38)40-20-10-21-41-44(40)27-32-13-4-5-14-36(32)51(41)34-24-25-48-45(29-34)46-28-33-23-26-49-52(43(33)30-50(46)54-48)42-15-6-7-22-47(42)53-49/h1-30H. The Morgan fingerprint density at radius 1 is 0.259 bits per heavy atom. The molecule has 10 aromatic carbocycles. The Kier molecular flexibility index (Phi) is 6.48. The number of fused-ring (bicyclic) bond motifs is 11. The molecule has 0 saturated heterocycles. The molecule has 0 aliphatic carbocycles. The minimum Gasteiger partial charge on any atom is -0.135 e. The Morgan fingerprint density at radius 2 is 0.852 bits per heavy atom. The van der Waals surface area contributed by atoms with Crippen molar-refractivity contribution in [3.05, 3.63) is 182 Å². The van der Waals surface area contributed by atoms with Gasteiger partial charge in [0.15, 0.2) is 0 Å². The van der Waals surface area contributed by atoms with Gasteiger partial charge in [-0.25, -0.2) is 0 Å². The molecule has 0 saturated carbocycles. The number of benzene rings is 10. The number of hydrogen-bond acceptors (Lipinski definition) is 2. The van der Waals surface area contributed by atoms with Crippen LogP contribution < -0.4 is 0 Å². The van der Waals surface area contributed by atoms with E-state index in [1.807, 2.05) is 22.7 Å². The van der Waals surface area contributed by atoms with E-state index in [1.165, 1.54) is 117 Å². The average molecular weight is 719 g/mol. The molecule has 0 fully saturated rings. The number of rotatable bonds is 3. The molecular weight excluding hydrogens is 689 g/mol. The maximum absolute atomic E-state index is 2.45. The third kappa shape index (κ3) is 4.42. The highest BCUT2D eigenvalue weighted by Crippen LogP contribution is 2.46. The molecule has 12 rings (SSSR count). The summed E-state index contributed by atoms with van der Waals surface area (Å²) in [7, 11) is 0. The van der Waals surface area contributed by atoms with Crippen LogP contribution in [0.2, 0.25) is 0 Å². The fourth-order valence-electron chi connectivity index (χ4n) is 9.02. The molecule has 0 amide bonds. The maximum Gasteiger partial charge on any atom is 0.0362 e. The lowest BCUT2D eigenvalue weighted by atomic mass is 9.86. The van der Waals surface area contributed by atoms with Crippen molar-refractivity contribution in [3.63, 3.8) is 0 Å². The van der Waals surface area contributed by atoms with Crippen molar-refractivity contribution in [2.75, 3.05) is 0 Å². The summed E-state index contributed by atoms with van der Waals surface area (Å²) >= 11 is 3.80. The van der Waals surface area contributed by atoms with E-state index in [0.717, 1.165) is 0 Å². The van der Waals surface area contributed by atoms with Gasteiger partial charge < -0.3 is 0 Å². The van der Waals surface area contributed by atoms with Crippen LogP contribution in [0.25, 0.3) is 117 Å². The Morgan fingerprint density at radius 3 is 1.72 bits per heavy atom. The van der Waals surface area contributed by atoms with Crippen LogP contribution in [-0.4, -0.2) is 0 Å². The van der Waals surface area contributed by atoms with Gasteiger partial charge in [0.05, 0.1) is 0 Å². The highest BCUT2D eigenvalue weighted by molar-refractivity contribution is 7.26. The van der Waals surface area contributed by atoms with Gasteiger partial charge in [0.25, 0.3) is 0 Å². The molecule has 2 aromatic heterocycles. The molecule has 54 heavy (non-hydrogen) atoms. The van der Waals surface area contributed by atoms with Crippen molar-refractivity contribution in [3.8, 4) is 33.4 Å². The van der Waals surface area contributed by atoms with Crippen LogP contribution in [0, 0.1) is 0 Å². The first-order chi connectivity index (χ1) is 26.8. The Balaban J connectivity index is 1.09. The van der Waals surface area contributed by atoms with E-state index in [1.54, 1.807) is 0 Å². The van der Waals surface area contributed by atoms with Gasteiger partial charge in [-0.1, -0.05) is 140 Å². The number of thiophene rings is 2. The zero-order valence-electron chi connectivity index (χ0n) is 29.1. The monoisotopic (exact) mass is 718 g/mol. The Hall–Kier alpha value is -6.32. The third-order valence-corrected chi connectivity index (χ3v) is 13.7. The van der Waals surface area contributed by atoms with Crippen LogP contribution in [0.5, 0.6) is 0 Å². The first-order valence-electron chi connectivity index (χ1n) is 18.5. The topological polar surface area (TPSA) is 0 Å². The second-order valence-electron chi connectivity index (χ2n) is 14.4. The molecule has 2 heteroatoms. The molecule has 0 N–H and O–H groups in total. The first kappa shape index (κ1) is 30.2. The van der Waals surface area contributed by atoms with E-state index in [9.17, 15) is 0 Å². The zero-order valence-corrected chi connectivity index (χ0v) is 30.8. The molecule has 250 valence electrons. The Bertz CT molecular complexity index is 3490. The molecule has 0 bridgehead atoms. The molecule has 0 spiro atoms. The normalized spacial score (nSPS) is 12.1. The molecule has 0 aliphatic rings. The Labute approximate surface area is 319 Å². The van der Waals surface area contributed by atoms with Crippen LogP contribution in [0.4, 0.5) is 0 Å². The lowest BCUT2D eigenvalue weighted by molar-refractivity contribution is 1.64. The summed E-state index contributed by atoms with van der Waals surface area (Å²) in [6, 6.07) is 67.9. The van der Waals surface area contributed by atoms with Gasteiger partial charge >= 0.3 is 0 Å². The van der Waals surface area contributed by atoms with Gasteiger partial charge in [-0.3, -0.25) is 0 Å². The summed E-state index contributed by atoms with van der Waals surface area (Å²) in [6.07, 6.45) is 0. The summed E-state index contributed by atoms with van der Waals surface area (Å²) in [6.45, 7) is 0. The molecular formula is C52H30S2. The van der Waals surface area contributed by atoms with Crippen molar-refractivity contribution in [1.29, 1.82) is 0 Å². The molecule has 0 nitrogen and oxygen atoms in total. The van der Waals surface area contributed by atoms with E-state index >= 15 is 0 Å². The first-order valence-corrected chi connectivity index (χ1v) is 20.1. The van der Waals surface area contributed by atoms with Gasteiger partial charge in [0, 0.05) is 40.3 Å². The summed E-state index contributed by atoms with van der Waals surface area (Å²) in [5.74, 6) is 0. The summed E-state index contributed by atoms with van der Waals surface area (Å²) in [5, 5.41) is 15.7.